The summed E-state index contributed by atoms with van der Waals surface area (Å²) >= 11 is 0. The van der Waals surface area contributed by atoms with Crippen LogP contribution in [-0.4, -0.2) is 47.9 Å². The second-order valence-electron chi connectivity index (χ2n) is 9.20. The number of carbonyl (C=O) groups excluding carboxylic acids is 3. The van der Waals surface area contributed by atoms with Gasteiger partial charge in [0.2, 0.25) is 0 Å². The Balaban J connectivity index is 2.46. The summed E-state index contributed by atoms with van der Waals surface area (Å²) in [7, 11) is 1.29. The fourth-order valence-electron chi connectivity index (χ4n) is 3.82. The molecule has 0 unspecified atom stereocenters. The Morgan fingerprint density at radius 1 is 0.912 bits per heavy atom. The molecule has 0 heterocycles. The summed E-state index contributed by atoms with van der Waals surface area (Å²) in [6.07, 6.45) is 0.432. The summed E-state index contributed by atoms with van der Waals surface area (Å²) < 4.78 is 10.9. The van der Waals surface area contributed by atoms with Crippen LogP contribution in [0.1, 0.15) is 68.7 Å². The fraction of sp³-hybridized carbons (Fsp3) is 0.444. The normalized spacial score (nSPS) is 11.9. The van der Waals surface area contributed by atoms with Gasteiger partial charge in [0.05, 0.1) is 12.7 Å². The van der Waals surface area contributed by atoms with E-state index in [0.29, 0.717) is 17.7 Å². The number of carbonyl (C=O) groups is 3. The minimum Gasteiger partial charge on any atom is -0.467 e. The molecular weight excluding hydrogens is 432 g/mol. The Hall–Kier alpha value is -3.35. The summed E-state index contributed by atoms with van der Waals surface area (Å²) in [6.45, 7) is 11.8. The maximum Gasteiger partial charge on any atom is 0.328 e. The SMILES string of the molecule is COC(=O)[C@H](CC(C)C)NC(=O)c1ccc(C(=O)N(C(C)C)C(C)C)cc1Oc1ccccc1. The summed E-state index contributed by atoms with van der Waals surface area (Å²) in [4.78, 5) is 40.4. The van der Waals surface area contributed by atoms with Crippen LogP contribution in [0.4, 0.5) is 0 Å². The van der Waals surface area contributed by atoms with Crippen LogP contribution in [0, 0.1) is 5.92 Å². The molecule has 0 spiro atoms. The standard InChI is InChI=1S/C27H36N2O5/c1-17(2)15-23(27(32)33-7)28-25(30)22-14-13-20(26(31)29(18(3)4)19(5)6)16-24(22)34-21-11-9-8-10-12-21/h8-14,16-19,23H,15H2,1-7H3,(H,28,30)/t23-/m0/s1. The van der Waals surface area contributed by atoms with Gasteiger partial charge >= 0.3 is 5.97 Å². The van der Waals surface area contributed by atoms with Gasteiger partial charge in [0.1, 0.15) is 17.5 Å². The lowest BCUT2D eigenvalue weighted by molar-refractivity contribution is -0.143. The maximum atomic E-state index is 13.2. The van der Waals surface area contributed by atoms with E-state index in [2.05, 4.69) is 5.32 Å². The molecule has 7 heteroatoms. The van der Waals surface area contributed by atoms with Gasteiger partial charge in [-0.2, -0.15) is 0 Å². The summed E-state index contributed by atoms with van der Waals surface area (Å²) in [5, 5.41) is 2.76. The Labute approximate surface area is 202 Å². The van der Waals surface area contributed by atoms with Crippen molar-refractivity contribution in [2.45, 2.75) is 66.1 Å². The van der Waals surface area contributed by atoms with Gasteiger partial charge in [0.25, 0.3) is 11.8 Å². The molecular formula is C27H36N2O5. The number of nitrogens with zero attached hydrogens (tertiary/aromatic N) is 1. The predicted octanol–water partition coefficient (Wildman–Crippen LogP) is 5.06. The van der Waals surface area contributed by atoms with Crippen LogP contribution < -0.4 is 10.1 Å². The van der Waals surface area contributed by atoms with Crippen molar-refractivity contribution in [3.05, 3.63) is 59.7 Å². The molecule has 1 N–H and O–H groups in total. The first-order valence-corrected chi connectivity index (χ1v) is 11.6. The van der Waals surface area contributed by atoms with E-state index in [1.54, 1.807) is 35.2 Å². The van der Waals surface area contributed by atoms with Gasteiger partial charge in [-0.3, -0.25) is 9.59 Å². The number of hydrogen-bond acceptors (Lipinski definition) is 5. The van der Waals surface area contributed by atoms with Crippen molar-refractivity contribution < 1.29 is 23.9 Å². The van der Waals surface area contributed by atoms with Gasteiger partial charge in [-0.15, -0.1) is 0 Å². The monoisotopic (exact) mass is 468 g/mol. The Bertz CT molecular complexity index is 978. The van der Waals surface area contributed by atoms with Crippen molar-refractivity contribution >= 4 is 17.8 Å². The van der Waals surface area contributed by atoms with Crippen molar-refractivity contribution in [1.29, 1.82) is 0 Å². The van der Waals surface area contributed by atoms with Gasteiger partial charge in [-0.1, -0.05) is 32.0 Å². The van der Waals surface area contributed by atoms with E-state index < -0.39 is 17.9 Å². The third kappa shape index (κ3) is 7.07. The number of methoxy groups -OCH3 is 1. The molecule has 1 atom stereocenters. The third-order valence-electron chi connectivity index (χ3n) is 5.29. The number of hydrogen-bond donors (Lipinski definition) is 1. The first kappa shape index (κ1) is 26.9. The zero-order chi connectivity index (χ0) is 25.4. The summed E-state index contributed by atoms with van der Waals surface area (Å²) in [5.74, 6) is -0.216. The number of benzene rings is 2. The van der Waals surface area contributed by atoms with E-state index in [-0.39, 0.29) is 35.2 Å². The van der Waals surface area contributed by atoms with Crippen molar-refractivity contribution in [1.82, 2.24) is 10.2 Å². The first-order chi connectivity index (χ1) is 16.0. The maximum absolute atomic E-state index is 13.2. The number of ether oxygens (including phenoxy) is 2. The fourth-order valence-corrected chi connectivity index (χ4v) is 3.82. The van der Waals surface area contributed by atoms with Crippen LogP contribution in [0.5, 0.6) is 11.5 Å². The molecule has 0 aliphatic rings. The number of rotatable bonds is 10. The lowest BCUT2D eigenvalue weighted by Crippen LogP contribution is -2.43. The van der Waals surface area contributed by atoms with E-state index in [4.69, 9.17) is 9.47 Å². The number of esters is 1. The van der Waals surface area contributed by atoms with Crippen LogP contribution in [0.25, 0.3) is 0 Å². The van der Waals surface area contributed by atoms with Gasteiger partial charge in [-0.25, -0.2) is 4.79 Å². The van der Waals surface area contributed by atoms with E-state index in [1.165, 1.54) is 7.11 Å². The van der Waals surface area contributed by atoms with Gasteiger partial charge in [0, 0.05) is 17.6 Å². The van der Waals surface area contributed by atoms with Crippen LogP contribution in [0.15, 0.2) is 48.5 Å². The lowest BCUT2D eigenvalue weighted by atomic mass is 10.0. The minimum absolute atomic E-state index is 0.00538. The largest absolute Gasteiger partial charge is 0.467 e. The highest BCUT2D eigenvalue weighted by molar-refractivity contribution is 6.01. The van der Waals surface area contributed by atoms with Crippen molar-refractivity contribution in [2.75, 3.05) is 7.11 Å². The minimum atomic E-state index is -0.791. The van der Waals surface area contributed by atoms with Crippen molar-refractivity contribution in [3.8, 4) is 11.5 Å². The Kier molecular flexibility index (Phi) is 9.66. The highest BCUT2D eigenvalue weighted by Gasteiger charge is 2.27. The van der Waals surface area contributed by atoms with Gasteiger partial charge in [-0.05, 0) is 70.4 Å². The van der Waals surface area contributed by atoms with Crippen LogP contribution in [0.2, 0.25) is 0 Å². The van der Waals surface area contributed by atoms with Crippen LogP contribution in [0.3, 0.4) is 0 Å². The molecule has 2 aromatic rings. The highest BCUT2D eigenvalue weighted by atomic mass is 16.5. The zero-order valence-electron chi connectivity index (χ0n) is 21.1. The number of amides is 2. The molecule has 0 bridgehead atoms. The molecule has 2 amide bonds. The highest BCUT2D eigenvalue weighted by Crippen LogP contribution is 2.28. The lowest BCUT2D eigenvalue weighted by Gasteiger charge is -2.31. The second kappa shape index (κ2) is 12.2. The quantitative estimate of drug-likeness (QED) is 0.493. The Morgan fingerprint density at radius 2 is 1.53 bits per heavy atom. The summed E-state index contributed by atoms with van der Waals surface area (Å²) in [5.41, 5.74) is 0.635. The predicted molar refractivity (Wildman–Crippen MR) is 132 cm³/mol. The molecule has 0 aliphatic heterocycles. The average molecular weight is 469 g/mol. The smallest absolute Gasteiger partial charge is 0.328 e. The number of nitrogens with one attached hydrogen (secondary N) is 1. The third-order valence-corrected chi connectivity index (χ3v) is 5.29. The molecule has 0 aromatic heterocycles. The van der Waals surface area contributed by atoms with Gasteiger partial charge in [0.15, 0.2) is 0 Å². The van der Waals surface area contributed by atoms with Gasteiger partial charge < -0.3 is 19.7 Å². The van der Waals surface area contributed by atoms with E-state index in [9.17, 15) is 14.4 Å². The number of para-hydroxylation sites is 1. The average Bonchev–Trinajstić information content (AvgIpc) is 2.77. The molecule has 34 heavy (non-hydrogen) atoms. The molecule has 0 aliphatic carbocycles. The summed E-state index contributed by atoms with van der Waals surface area (Å²) in [6, 6.07) is 13.0. The first-order valence-electron chi connectivity index (χ1n) is 11.6. The molecule has 2 rings (SSSR count). The molecule has 7 nitrogen and oxygen atoms in total. The molecule has 0 fully saturated rings. The van der Waals surface area contributed by atoms with Crippen LogP contribution >= 0.6 is 0 Å². The second-order valence-corrected chi connectivity index (χ2v) is 9.20. The van der Waals surface area contributed by atoms with Crippen molar-refractivity contribution in [2.24, 2.45) is 5.92 Å². The topological polar surface area (TPSA) is 84.9 Å². The zero-order valence-corrected chi connectivity index (χ0v) is 21.1. The van der Waals surface area contributed by atoms with Crippen molar-refractivity contribution in [3.63, 3.8) is 0 Å². The Morgan fingerprint density at radius 3 is 2.06 bits per heavy atom. The van der Waals surface area contributed by atoms with E-state index >= 15 is 0 Å². The van der Waals surface area contributed by atoms with Crippen LogP contribution in [-0.2, 0) is 9.53 Å². The molecule has 2 aromatic carbocycles. The molecule has 184 valence electrons. The van der Waals surface area contributed by atoms with E-state index in [1.807, 2.05) is 59.7 Å². The molecule has 0 radical (unpaired) electrons. The van der Waals surface area contributed by atoms with E-state index in [0.717, 1.165) is 0 Å². The molecule has 0 saturated heterocycles. The molecule has 0 saturated carbocycles.